The summed E-state index contributed by atoms with van der Waals surface area (Å²) in [6, 6.07) is 4.75. The molecule has 0 atom stereocenters. The average Bonchev–Trinajstić information content (AvgIpc) is 3.08. The molecule has 9 nitrogen and oxygen atoms in total. The van der Waals surface area contributed by atoms with Crippen molar-refractivity contribution in [1.82, 2.24) is 14.7 Å². The molecule has 0 spiro atoms. The van der Waals surface area contributed by atoms with E-state index < -0.39 is 11.7 Å². The van der Waals surface area contributed by atoms with Crippen LogP contribution in [0.4, 0.5) is 27.1 Å². The number of carbonyl (C=O) groups excluding carboxylic acids is 1. The first-order valence-corrected chi connectivity index (χ1v) is 9.68. The van der Waals surface area contributed by atoms with Crippen LogP contribution in [0.1, 0.15) is 16.1 Å². The van der Waals surface area contributed by atoms with E-state index in [1.54, 1.807) is 32.4 Å². The fraction of sp³-hybridized carbons (Fsp3) is 0.300. The number of nitrogens with one attached hydrogen (secondary N) is 2. The smallest absolute Gasteiger partial charge is 0.257 e. The zero-order valence-electron chi connectivity index (χ0n) is 16.9. The van der Waals surface area contributed by atoms with Crippen molar-refractivity contribution in [2.24, 2.45) is 5.84 Å². The van der Waals surface area contributed by atoms with Gasteiger partial charge in [-0.1, -0.05) is 0 Å². The Balaban J connectivity index is 1.66. The Labute approximate surface area is 173 Å². The molecule has 4 rings (SSSR count). The predicted molar refractivity (Wildman–Crippen MR) is 116 cm³/mol. The molecule has 1 aromatic carbocycles. The fourth-order valence-electron chi connectivity index (χ4n) is 3.77. The second kappa shape index (κ2) is 7.81. The van der Waals surface area contributed by atoms with Gasteiger partial charge in [0, 0.05) is 51.7 Å². The summed E-state index contributed by atoms with van der Waals surface area (Å²) < 4.78 is 15.9. The van der Waals surface area contributed by atoms with Crippen molar-refractivity contribution in [2.45, 2.75) is 6.92 Å². The number of nitrogens with zero attached hydrogens (tertiary/aromatic N) is 4. The molecule has 0 radical (unpaired) electrons. The lowest BCUT2D eigenvalue weighted by atomic mass is 10.1. The molecule has 10 heteroatoms. The Hall–Kier alpha value is -3.37. The van der Waals surface area contributed by atoms with Crippen LogP contribution in [-0.2, 0) is 0 Å². The lowest BCUT2D eigenvalue weighted by molar-refractivity contribution is 0.102. The molecule has 6 N–H and O–H groups in total. The molecule has 1 amide bonds. The molecule has 0 unspecified atom stereocenters. The second-order valence-electron chi connectivity index (χ2n) is 7.39. The number of carbonyl (C=O) groups is 1. The first-order chi connectivity index (χ1) is 14.3. The van der Waals surface area contributed by atoms with E-state index in [0.29, 0.717) is 17.1 Å². The molecule has 30 heavy (non-hydrogen) atoms. The van der Waals surface area contributed by atoms with Gasteiger partial charge >= 0.3 is 0 Å². The summed E-state index contributed by atoms with van der Waals surface area (Å²) in [6.45, 7) is 5.12. The summed E-state index contributed by atoms with van der Waals surface area (Å²) in [4.78, 5) is 19.2. The van der Waals surface area contributed by atoms with Gasteiger partial charge in [0.1, 0.15) is 0 Å². The Morgan fingerprint density at radius 1 is 1.30 bits per heavy atom. The number of pyridine rings is 1. The Bertz CT molecular complexity index is 1100. The maximum Gasteiger partial charge on any atom is 0.257 e. The van der Waals surface area contributed by atoms with Gasteiger partial charge in [-0.15, -0.1) is 0 Å². The number of aryl methyl sites for hydroxylation is 1. The lowest BCUT2D eigenvalue weighted by Crippen LogP contribution is -2.44. The van der Waals surface area contributed by atoms with Crippen molar-refractivity contribution in [3.05, 3.63) is 47.7 Å². The molecule has 0 saturated carbocycles. The second-order valence-corrected chi connectivity index (χ2v) is 7.39. The molecule has 1 aliphatic rings. The van der Waals surface area contributed by atoms with Gasteiger partial charge in [-0.25, -0.2) is 15.2 Å². The zero-order valence-corrected chi connectivity index (χ0v) is 16.9. The van der Waals surface area contributed by atoms with Crippen molar-refractivity contribution in [3.63, 3.8) is 0 Å². The number of aromatic nitrogens is 2. The van der Waals surface area contributed by atoms with Crippen LogP contribution in [0.15, 0.2) is 30.6 Å². The SMILES string of the molecule is Cc1cn2cc(NC(=O)c3ccc(N4CCNCC4)c(N(C)N)c3N)cc(F)c2n1. The maximum absolute atomic E-state index is 14.3. The van der Waals surface area contributed by atoms with E-state index in [1.807, 2.05) is 6.07 Å². The van der Waals surface area contributed by atoms with E-state index in [0.717, 1.165) is 31.9 Å². The highest BCUT2D eigenvalue weighted by Gasteiger charge is 2.22. The summed E-state index contributed by atoms with van der Waals surface area (Å²) in [6.07, 6.45) is 3.30. The van der Waals surface area contributed by atoms with Gasteiger partial charge < -0.3 is 30.7 Å². The van der Waals surface area contributed by atoms with E-state index in [9.17, 15) is 9.18 Å². The monoisotopic (exact) mass is 412 g/mol. The van der Waals surface area contributed by atoms with E-state index in [1.165, 1.54) is 15.5 Å². The largest absolute Gasteiger partial charge is 0.396 e. The number of hydrogen-bond donors (Lipinski definition) is 4. The van der Waals surface area contributed by atoms with Crippen LogP contribution in [0.3, 0.4) is 0 Å². The minimum absolute atomic E-state index is 0.206. The molecular weight excluding hydrogens is 387 g/mol. The van der Waals surface area contributed by atoms with E-state index in [2.05, 4.69) is 20.5 Å². The number of anilines is 4. The topological polar surface area (TPSA) is 117 Å². The molecular formula is C20H25FN8O. The fourth-order valence-corrected chi connectivity index (χ4v) is 3.77. The summed E-state index contributed by atoms with van der Waals surface area (Å²) in [5, 5.41) is 7.44. The highest BCUT2D eigenvalue weighted by molar-refractivity contribution is 6.10. The Morgan fingerprint density at radius 3 is 2.73 bits per heavy atom. The highest BCUT2D eigenvalue weighted by Crippen LogP contribution is 2.36. The van der Waals surface area contributed by atoms with Crippen molar-refractivity contribution in [1.29, 1.82) is 0 Å². The maximum atomic E-state index is 14.3. The van der Waals surface area contributed by atoms with Crippen LogP contribution in [-0.4, -0.2) is 48.5 Å². The summed E-state index contributed by atoms with van der Waals surface area (Å²) >= 11 is 0. The van der Waals surface area contributed by atoms with E-state index in [-0.39, 0.29) is 16.9 Å². The molecule has 0 aliphatic carbocycles. The van der Waals surface area contributed by atoms with Gasteiger partial charge in [-0.3, -0.25) is 4.79 Å². The summed E-state index contributed by atoms with van der Waals surface area (Å²) in [7, 11) is 1.68. The van der Waals surface area contributed by atoms with Gasteiger partial charge in [0.05, 0.1) is 34.0 Å². The predicted octanol–water partition coefficient (Wildman–Crippen LogP) is 1.34. The van der Waals surface area contributed by atoms with Crippen LogP contribution in [0.25, 0.3) is 5.65 Å². The van der Waals surface area contributed by atoms with Gasteiger partial charge in [-0.05, 0) is 19.1 Å². The van der Waals surface area contributed by atoms with E-state index >= 15 is 0 Å². The molecule has 2 aromatic heterocycles. The summed E-state index contributed by atoms with van der Waals surface area (Å²) in [5.41, 5.74) is 9.54. The Kier molecular flexibility index (Phi) is 5.18. The third-order valence-electron chi connectivity index (χ3n) is 5.14. The number of benzene rings is 1. The third-order valence-corrected chi connectivity index (χ3v) is 5.14. The number of hydrogen-bond acceptors (Lipinski definition) is 7. The first kappa shape index (κ1) is 19.9. The highest BCUT2D eigenvalue weighted by atomic mass is 19.1. The van der Waals surface area contributed by atoms with Crippen molar-refractivity contribution in [3.8, 4) is 0 Å². The van der Waals surface area contributed by atoms with Gasteiger partial charge in [0.15, 0.2) is 11.5 Å². The number of amides is 1. The van der Waals surface area contributed by atoms with Crippen molar-refractivity contribution in [2.75, 3.05) is 54.2 Å². The number of hydrazine groups is 1. The molecule has 1 aliphatic heterocycles. The van der Waals surface area contributed by atoms with E-state index in [4.69, 9.17) is 11.6 Å². The number of nitrogen functional groups attached to an aromatic ring is 1. The number of fused-ring (bicyclic) bond motifs is 1. The third kappa shape index (κ3) is 3.62. The zero-order chi connectivity index (χ0) is 21.4. The lowest BCUT2D eigenvalue weighted by Gasteiger charge is -2.33. The quantitative estimate of drug-likeness (QED) is 0.290. The number of nitrogens with two attached hydrogens (primary N) is 2. The number of halogens is 1. The number of piperazine rings is 1. The molecule has 1 saturated heterocycles. The standard InChI is InChI=1S/C20H25FN8O/c1-12-10-29-11-13(9-15(21)19(29)25-12)26-20(30)14-3-4-16(18(17(14)22)27(2)23)28-7-5-24-6-8-28/h3-4,9-11,24H,5-8,22-23H2,1-2H3,(H,26,30). The van der Waals surface area contributed by atoms with Gasteiger partial charge in [0.25, 0.3) is 5.91 Å². The Morgan fingerprint density at radius 2 is 2.03 bits per heavy atom. The average molecular weight is 412 g/mol. The minimum Gasteiger partial charge on any atom is -0.396 e. The first-order valence-electron chi connectivity index (χ1n) is 9.68. The van der Waals surface area contributed by atoms with Crippen LogP contribution >= 0.6 is 0 Å². The normalized spacial score (nSPS) is 14.2. The number of imidazole rings is 1. The van der Waals surface area contributed by atoms with Gasteiger partial charge in [0.2, 0.25) is 0 Å². The molecule has 3 aromatic rings. The van der Waals surface area contributed by atoms with Crippen molar-refractivity contribution >= 4 is 34.3 Å². The molecule has 3 heterocycles. The number of rotatable bonds is 4. The molecule has 1 fully saturated rings. The van der Waals surface area contributed by atoms with Gasteiger partial charge in [-0.2, -0.15) is 0 Å². The van der Waals surface area contributed by atoms with Crippen molar-refractivity contribution < 1.29 is 9.18 Å². The van der Waals surface area contributed by atoms with Crippen LogP contribution in [0.5, 0.6) is 0 Å². The minimum atomic E-state index is -0.523. The molecule has 0 bridgehead atoms. The molecule has 158 valence electrons. The van der Waals surface area contributed by atoms with Crippen LogP contribution in [0.2, 0.25) is 0 Å². The summed E-state index contributed by atoms with van der Waals surface area (Å²) in [5.74, 6) is 5.08. The van der Waals surface area contributed by atoms with Crippen LogP contribution in [0, 0.1) is 12.7 Å². The van der Waals surface area contributed by atoms with Crippen LogP contribution < -0.4 is 32.1 Å².